The van der Waals surface area contributed by atoms with Gasteiger partial charge in [-0.25, -0.2) is 0 Å². The molecule has 5 nitrogen and oxygen atoms in total. The van der Waals surface area contributed by atoms with Gasteiger partial charge >= 0.3 is 11.9 Å². The minimum absolute atomic E-state index is 0.0407. The first-order chi connectivity index (χ1) is 33.6. The molecule has 0 saturated carbocycles. The van der Waals surface area contributed by atoms with Crippen LogP contribution in [0.3, 0.4) is 0 Å². The molecule has 1 unspecified atom stereocenters. The number of esters is 2. The van der Waals surface area contributed by atoms with Gasteiger partial charge in [-0.05, 0) is 122 Å². The first-order valence-electron chi connectivity index (χ1n) is 28.1. The highest BCUT2D eigenvalue weighted by Crippen LogP contribution is 2.14. The van der Waals surface area contributed by atoms with Crippen LogP contribution in [0.25, 0.3) is 0 Å². The van der Waals surface area contributed by atoms with Crippen molar-refractivity contribution in [2.75, 3.05) is 19.8 Å². The maximum atomic E-state index is 12.8. The fraction of sp³-hybridized carbons (Fsp3) is 0.651. The molecular weight excluding hydrogens is 837 g/mol. The SMILES string of the molecule is CC/C=C\C/C=C\C/C=C\C/C=C\C/C=C\CCCC(=O)OCC(COCCCCCCCCCCCC/C=C\C/C=C\CCCCC)OC(=O)CCCCCCC/C=C\C/C=C\C/C=C\CC. The Balaban J connectivity index is 4.39. The van der Waals surface area contributed by atoms with Crippen LogP contribution in [-0.2, 0) is 23.8 Å². The molecule has 0 radical (unpaired) electrons. The predicted molar refractivity (Wildman–Crippen MR) is 297 cm³/mol. The molecule has 0 aromatic carbocycles. The Labute approximate surface area is 420 Å². The van der Waals surface area contributed by atoms with Gasteiger partial charge in [0.05, 0.1) is 6.61 Å². The van der Waals surface area contributed by atoms with E-state index in [0.717, 1.165) is 109 Å². The summed E-state index contributed by atoms with van der Waals surface area (Å²) in [6.45, 7) is 7.49. The zero-order valence-corrected chi connectivity index (χ0v) is 44.3. The molecule has 68 heavy (non-hydrogen) atoms. The third-order valence-electron chi connectivity index (χ3n) is 11.5. The Morgan fingerprint density at radius 1 is 0.338 bits per heavy atom. The molecule has 5 heteroatoms. The van der Waals surface area contributed by atoms with E-state index in [1.54, 1.807) is 0 Å². The van der Waals surface area contributed by atoms with Crippen molar-refractivity contribution in [1.29, 1.82) is 0 Å². The minimum Gasteiger partial charge on any atom is -0.462 e. The maximum Gasteiger partial charge on any atom is 0.306 e. The molecule has 386 valence electrons. The molecule has 1 atom stereocenters. The Morgan fingerprint density at radius 2 is 0.676 bits per heavy atom. The lowest BCUT2D eigenvalue weighted by Gasteiger charge is -2.18. The Kier molecular flexibility index (Phi) is 54.5. The lowest BCUT2D eigenvalue weighted by Crippen LogP contribution is -2.30. The van der Waals surface area contributed by atoms with Crippen molar-refractivity contribution in [2.24, 2.45) is 0 Å². The van der Waals surface area contributed by atoms with Gasteiger partial charge in [0, 0.05) is 19.4 Å². The van der Waals surface area contributed by atoms with Gasteiger partial charge < -0.3 is 14.2 Å². The molecule has 0 aliphatic carbocycles. The van der Waals surface area contributed by atoms with Crippen molar-refractivity contribution < 1.29 is 23.8 Å². The van der Waals surface area contributed by atoms with Crippen LogP contribution in [0.15, 0.2) is 122 Å². The number of unbranched alkanes of at least 4 members (excludes halogenated alkanes) is 19. The van der Waals surface area contributed by atoms with Gasteiger partial charge in [-0.3, -0.25) is 9.59 Å². The summed E-state index contributed by atoms with van der Waals surface area (Å²) in [7, 11) is 0. The van der Waals surface area contributed by atoms with Crippen molar-refractivity contribution in [3.05, 3.63) is 122 Å². The molecule has 0 aliphatic heterocycles. The van der Waals surface area contributed by atoms with Gasteiger partial charge in [-0.2, -0.15) is 0 Å². The second-order valence-corrected chi connectivity index (χ2v) is 18.1. The van der Waals surface area contributed by atoms with Crippen molar-refractivity contribution in [3.8, 4) is 0 Å². The Hall–Kier alpha value is -3.70. The van der Waals surface area contributed by atoms with E-state index in [4.69, 9.17) is 14.2 Å². The van der Waals surface area contributed by atoms with Crippen molar-refractivity contribution in [1.82, 2.24) is 0 Å². The summed E-state index contributed by atoms with van der Waals surface area (Å²) in [5.74, 6) is -0.490. The Morgan fingerprint density at radius 3 is 1.10 bits per heavy atom. The van der Waals surface area contributed by atoms with Gasteiger partial charge in [0.25, 0.3) is 0 Å². The monoisotopic (exact) mass is 941 g/mol. The average molecular weight is 942 g/mol. The largest absolute Gasteiger partial charge is 0.462 e. The van der Waals surface area contributed by atoms with Gasteiger partial charge in [0.2, 0.25) is 0 Å². The van der Waals surface area contributed by atoms with Gasteiger partial charge in [0.15, 0.2) is 6.10 Å². The van der Waals surface area contributed by atoms with E-state index in [1.165, 1.54) is 96.3 Å². The molecule has 0 fully saturated rings. The fourth-order valence-electron chi connectivity index (χ4n) is 7.35. The van der Waals surface area contributed by atoms with E-state index in [2.05, 4.69) is 142 Å². The smallest absolute Gasteiger partial charge is 0.306 e. The molecule has 0 amide bonds. The van der Waals surface area contributed by atoms with Crippen LogP contribution in [-0.4, -0.2) is 37.9 Å². The summed E-state index contributed by atoms with van der Waals surface area (Å²) in [6, 6.07) is 0. The average Bonchev–Trinajstić information content (AvgIpc) is 3.34. The number of carbonyl (C=O) groups excluding carboxylic acids is 2. The number of carbonyl (C=O) groups is 2. The number of ether oxygens (including phenoxy) is 3. The molecule has 0 heterocycles. The first-order valence-corrected chi connectivity index (χ1v) is 28.1. The van der Waals surface area contributed by atoms with Crippen LogP contribution in [0.4, 0.5) is 0 Å². The molecule has 0 rings (SSSR count). The summed E-state index contributed by atoms with van der Waals surface area (Å²) >= 11 is 0. The number of rotatable bonds is 50. The highest BCUT2D eigenvalue weighted by Gasteiger charge is 2.17. The molecule has 0 N–H and O–H groups in total. The molecule has 0 aromatic rings. The topological polar surface area (TPSA) is 61.8 Å². The number of hydrogen-bond acceptors (Lipinski definition) is 5. The fourth-order valence-corrected chi connectivity index (χ4v) is 7.35. The van der Waals surface area contributed by atoms with Crippen molar-refractivity contribution in [3.63, 3.8) is 0 Å². The van der Waals surface area contributed by atoms with Crippen molar-refractivity contribution in [2.45, 2.75) is 245 Å². The predicted octanol–water partition coefficient (Wildman–Crippen LogP) is 19.3. The Bertz CT molecular complexity index is 1390. The zero-order chi connectivity index (χ0) is 49.2. The quantitative estimate of drug-likeness (QED) is 0.0345. The molecular formula is C63H104O5. The lowest BCUT2D eigenvalue weighted by molar-refractivity contribution is -0.163. The lowest BCUT2D eigenvalue weighted by atomic mass is 10.1. The molecule has 0 aliphatic rings. The molecule has 0 bridgehead atoms. The molecule has 0 aromatic heterocycles. The minimum atomic E-state index is -0.579. The van der Waals surface area contributed by atoms with E-state index in [-0.39, 0.29) is 25.2 Å². The van der Waals surface area contributed by atoms with Crippen LogP contribution in [0.5, 0.6) is 0 Å². The highest BCUT2D eigenvalue weighted by atomic mass is 16.6. The standard InChI is InChI=1S/C63H104O5/c1-4-7-10-13-16-19-22-25-28-30-31-32-34-37-40-43-46-49-52-55-58-66-59-61(68-63(65)57-54-51-48-45-42-39-35-27-24-21-18-15-12-9-6-3)60-67-62(64)56-53-50-47-44-41-38-36-33-29-26-23-20-17-14-11-8-5-2/h8-9,11-12,16-21,25-29,35-36,38,44,47,61H,4-7,10,13-15,22-24,30-34,37,39-43,45-46,48-60H2,1-3H3/b11-8-,12-9-,19-16-,20-17-,21-18-,28-25-,29-26-,35-27-,38-36-,47-44-. The summed E-state index contributed by atoms with van der Waals surface area (Å²) in [5.41, 5.74) is 0. The summed E-state index contributed by atoms with van der Waals surface area (Å²) in [6.07, 6.45) is 80.8. The van der Waals surface area contributed by atoms with E-state index < -0.39 is 6.10 Å². The van der Waals surface area contributed by atoms with Crippen LogP contribution >= 0.6 is 0 Å². The summed E-state index contributed by atoms with van der Waals surface area (Å²) in [5, 5.41) is 0. The van der Waals surface area contributed by atoms with Gasteiger partial charge in [0.1, 0.15) is 6.61 Å². The normalized spacial score (nSPS) is 13.2. The second kappa shape index (κ2) is 57.6. The third kappa shape index (κ3) is 54.9. The van der Waals surface area contributed by atoms with Crippen LogP contribution < -0.4 is 0 Å². The molecule has 0 spiro atoms. The van der Waals surface area contributed by atoms with E-state index in [9.17, 15) is 9.59 Å². The van der Waals surface area contributed by atoms with Crippen LogP contribution in [0.1, 0.15) is 239 Å². The van der Waals surface area contributed by atoms with Gasteiger partial charge in [-0.15, -0.1) is 0 Å². The zero-order valence-electron chi connectivity index (χ0n) is 44.3. The van der Waals surface area contributed by atoms with Crippen molar-refractivity contribution >= 4 is 11.9 Å². The van der Waals surface area contributed by atoms with E-state index in [0.29, 0.717) is 19.4 Å². The molecule has 0 saturated heterocycles. The number of hydrogen-bond donors (Lipinski definition) is 0. The van der Waals surface area contributed by atoms with Crippen LogP contribution in [0.2, 0.25) is 0 Å². The third-order valence-corrected chi connectivity index (χ3v) is 11.5. The second-order valence-electron chi connectivity index (χ2n) is 18.1. The van der Waals surface area contributed by atoms with Crippen LogP contribution in [0, 0.1) is 0 Å². The summed E-state index contributed by atoms with van der Waals surface area (Å²) < 4.78 is 17.4. The number of allylic oxidation sites excluding steroid dienone is 20. The summed E-state index contributed by atoms with van der Waals surface area (Å²) in [4.78, 5) is 25.5. The maximum absolute atomic E-state index is 12.8. The van der Waals surface area contributed by atoms with E-state index >= 15 is 0 Å². The van der Waals surface area contributed by atoms with E-state index in [1.807, 2.05) is 0 Å². The highest BCUT2D eigenvalue weighted by molar-refractivity contribution is 5.70. The first kappa shape index (κ1) is 64.3. The van der Waals surface area contributed by atoms with Gasteiger partial charge in [-0.1, -0.05) is 226 Å².